The van der Waals surface area contributed by atoms with Gasteiger partial charge in [0.1, 0.15) is 5.84 Å². The van der Waals surface area contributed by atoms with Gasteiger partial charge < -0.3 is 15.7 Å². The van der Waals surface area contributed by atoms with Crippen molar-refractivity contribution in [2.24, 2.45) is 10.9 Å². The normalized spacial score (nSPS) is 13.3. The van der Waals surface area contributed by atoms with Gasteiger partial charge >= 0.3 is 6.36 Å². The Morgan fingerprint density at radius 1 is 1.28 bits per heavy atom. The number of alkyl halides is 3. The number of halogens is 3. The molecule has 0 aliphatic heterocycles. The van der Waals surface area contributed by atoms with E-state index in [0.717, 1.165) is 0 Å². The van der Waals surface area contributed by atoms with E-state index in [1.54, 1.807) is 4.90 Å². The van der Waals surface area contributed by atoms with Gasteiger partial charge in [-0.15, -0.1) is 13.2 Å². The molecule has 3 N–H and O–H groups in total. The topological polar surface area (TPSA) is 80.3 Å². The number of amidine groups is 1. The second-order valence-corrected chi connectivity index (χ2v) is 3.47. The van der Waals surface area contributed by atoms with Crippen LogP contribution in [-0.4, -0.2) is 62.3 Å². The molecule has 0 aromatic rings. The molecule has 0 unspecified atom stereocenters. The van der Waals surface area contributed by atoms with Gasteiger partial charge in [0, 0.05) is 33.2 Å². The summed E-state index contributed by atoms with van der Waals surface area (Å²) in [6, 6.07) is 0. The average molecular weight is 273 g/mol. The Morgan fingerprint density at radius 2 is 1.89 bits per heavy atom. The Bertz CT molecular complexity index is 249. The fourth-order valence-electron chi connectivity index (χ4n) is 1.17. The third-order valence-electron chi connectivity index (χ3n) is 2.10. The Hall–Kier alpha value is -1.06. The maximum Gasteiger partial charge on any atom is 0.522 e. The van der Waals surface area contributed by atoms with E-state index in [1.807, 2.05) is 0 Å². The zero-order chi connectivity index (χ0) is 14.0. The summed E-state index contributed by atoms with van der Waals surface area (Å²) < 4.78 is 43.9. The van der Waals surface area contributed by atoms with Crippen LogP contribution in [0.25, 0.3) is 0 Å². The molecular formula is C9H18F3N3O3. The van der Waals surface area contributed by atoms with Crippen molar-refractivity contribution in [2.45, 2.75) is 12.8 Å². The first-order valence-corrected chi connectivity index (χ1v) is 5.27. The van der Waals surface area contributed by atoms with Crippen molar-refractivity contribution >= 4 is 5.84 Å². The Balaban J connectivity index is 3.98. The van der Waals surface area contributed by atoms with E-state index in [0.29, 0.717) is 19.7 Å². The van der Waals surface area contributed by atoms with Gasteiger partial charge in [0.05, 0.1) is 13.2 Å². The van der Waals surface area contributed by atoms with Crippen molar-refractivity contribution in [3.05, 3.63) is 0 Å². The third kappa shape index (κ3) is 10.1. The molecule has 0 aliphatic carbocycles. The molecule has 0 heterocycles. The van der Waals surface area contributed by atoms with Gasteiger partial charge in [-0.1, -0.05) is 5.16 Å². The summed E-state index contributed by atoms with van der Waals surface area (Å²) in [5.41, 5.74) is 5.28. The highest BCUT2D eigenvalue weighted by Gasteiger charge is 2.28. The highest BCUT2D eigenvalue weighted by molar-refractivity contribution is 5.79. The minimum atomic E-state index is -4.63. The predicted molar refractivity (Wildman–Crippen MR) is 58.3 cm³/mol. The van der Waals surface area contributed by atoms with Crippen LogP contribution >= 0.6 is 0 Å². The highest BCUT2D eigenvalue weighted by atomic mass is 19.4. The zero-order valence-electron chi connectivity index (χ0n) is 10.1. The molecule has 0 bridgehead atoms. The first-order chi connectivity index (χ1) is 8.39. The highest BCUT2D eigenvalue weighted by Crippen LogP contribution is 2.15. The number of oxime groups is 1. The number of nitrogens with zero attached hydrogens (tertiary/aromatic N) is 2. The van der Waals surface area contributed by atoms with Gasteiger partial charge in [-0.2, -0.15) is 0 Å². The third-order valence-corrected chi connectivity index (χ3v) is 2.10. The van der Waals surface area contributed by atoms with Crippen molar-refractivity contribution in [3.8, 4) is 0 Å². The van der Waals surface area contributed by atoms with Crippen molar-refractivity contribution in [2.75, 3.05) is 40.0 Å². The maximum absolute atomic E-state index is 11.8. The van der Waals surface area contributed by atoms with Crippen molar-refractivity contribution < 1.29 is 27.9 Å². The Kier molecular flexibility index (Phi) is 8.42. The Labute approximate surface area is 103 Å². The molecule has 9 heteroatoms. The van der Waals surface area contributed by atoms with E-state index in [9.17, 15) is 13.2 Å². The smallest absolute Gasteiger partial charge is 0.409 e. The molecule has 108 valence electrons. The molecule has 0 rings (SSSR count). The van der Waals surface area contributed by atoms with Crippen LogP contribution in [0.2, 0.25) is 0 Å². The lowest BCUT2D eigenvalue weighted by Gasteiger charge is -2.21. The van der Waals surface area contributed by atoms with E-state index < -0.39 is 13.0 Å². The van der Waals surface area contributed by atoms with E-state index in [4.69, 9.17) is 15.7 Å². The van der Waals surface area contributed by atoms with Crippen LogP contribution in [0, 0.1) is 0 Å². The molecule has 0 saturated heterocycles. The molecule has 0 atom stereocenters. The summed E-state index contributed by atoms with van der Waals surface area (Å²) in [7, 11) is 1.49. The minimum Gasteiger partial charge on any atom is -0.409 e. The first kappa shape index (κ1) is 16.9. The van der Waals surface area contributed by atoms with Crippen LogP contribution in [0.15, 0.2) is 5.16 Å². The molecule has 0 aliphatic rings. The van der Waals surface area contributed by atoms with Crippen LogP contribution in [-0.2, 0) is 9.47 Å². The molecule has 0 aromatic carbocycles. The monoisotopic (exact) mass is 273 g/mol. The number of rotatable bonds is 9. The van der Waals surface area contributed by atoms with E-state index in [-0.39, 0.29) is 18.8 Å². The van der Waals surface area contributed by atoms with Crippen LogP contribution < -0.4 is 5.73 Å². The van der Waals surface area contributed by atoms with Crippen LogP contribution in [0.5, 0.6) is 0 Å². The fraction of sp³-hybridized carbons (Fsp3) is 0.889. The van der Waals surface area contributed by atoms with Gasteiger partial charge in [0.15, 0.2) is 0 Å². The number of ether oxygens (including phenoxy) is 2. The summed E-state index contributed by atoms with van der Waals surface area (Å²) in [5.74, 6) is 0.0224. The van der Waals surface area contributed by atoms with E-state index >= 15 is 0 Å². The van der Waals surface area contributed by atoms with Crippen molar-refractivity contribution in [1.82, 2.24) is 4.90 Å². The fourth-order valence-corrected chi connectivity index (χ4v) is 1.17. The number of hydrogen-bond acceptors (Lipinski definition) is 5. The molecule has 6 nitrogen and oxygen atoms in total. The molecule has 0 saturated carbocycles. The van der Waals surface area contributed by atoms with Gasteiger partial charge in [-0.25, -0.2) is 0 Å². The zero-order valence-corrected chi connectivity index (χ0v) is 10.1. The van der Waals surface area contributed by atoms with Gasteiger partial charge in [-0.05, 0) is 0 Å². The molecule has 0 fully saturated rings. The molecule has 0 radical (unpaired) electrons. The molecular weight excluding hydrogens is 255 g/mol. The predicted octanol–water partition coefficient (Wildman–Crippen LogP) is 0.608. The summed E-state index contributed by atoms with van der Waals surface area (Å²) in [6.45, 7) is 0.796. The van der Waals surface area contributed by atoms with Gasteiger partial charge in [0.25, 0.3) is 0 Å². The van der Waals surface area contributed by atoms with Crippen molar-refractivity contribution in [1.29, 1.82) is 0 Å². The molecule has 0 spiro atoms. The average Bonchev–Trinajstić information content (AvgIpc) is 2.29. The standard InChI is InChI=1S/C9H18F3N3O3/c1-17-6-4-15(3-2-8(13)14-16)5-7-18-9(10,11)12/h16H,2-7H2,1H3,(H2,13,14). The van der Waals surface area contributed by atoms with E-state index in [2.05, 4.69) is 9.89 Å². The maximum atomic E-state index is 11.8. The van der Waals surface area contributed by atoms with Crippen LogP contribution in [0.3, 0.4) is 0 Å². The number of hydrogen-bond donors (Lipinski definition) is 2. The molecule has 0 aromatic heterocycles. The number of methoxy groups -OCH3 is 1. The quantitative estimate of drug-likeness (QED) is 0.278. The minimum absolute atomic E-state index is 0.0224. The summed E-state index contributed by atoms with van der Waals surface area (Å²) >= 11 is 0. The first-order valence-electron chi connectivity index (χ1n) is 5.27. The molecule has 18 heavy (non-hydrogen) atoms. The summed E-state index contributed by atoms with van der Waals surface area (Å²) in [5, 5.41) is 11.1. The lowest BCUT2D eigenvalue weighted by Crippen LogP contribution is -2.35. The lowest BCUT2D eigenvalue weighted by atomic mass is 10.3. The van der Waals surface area contributed by atoms with Crippen LogP contribution in [0.1, 0.15) is 6.42 Å². The van der Waals surface area contributed by atoms with Crippen molar-refractivity contribution in [3.63, 3.8) is 0 Å². The second-order valence-electron chi connectivity index (χ2n) is 3.47. The SMILES string of the molecule is COCCN(CCOC(F)(F)F)CCC(N)=NO. The Morgan fingerprint density at radius 3 is 2.39 bits per heavy atom. The van der Waals surface area contributed by atoms with Gasteiger partial charge in [-0.3, -0.25) is 9.64 Å². The summed E-state index contributed by atoms with van der Waals surface area (Å²) in [4.78, 5) is 1.67. The number of nitrogens with two attached hydrogens (primary N) is 1. The second kappa shape index (κ2) is 8.95. The molecule has 0 amide bonds. The largest absolute Gasteiger partial charge is 0.522 e. The lowest BCUT2D eigenvalue weighted by molar-refractivity contribution is -0.325. The van der Waals surface area contributed by atoms with E-state index in [1.165, 1.54) is 7.11 Å². The summed E-state index contributed by atoms with van der Waals surface area (Å²) in [6.07, 6.45) is -4.37. The van der Waals surface area contributed by atoms with Gasteiger partial charge in [0.2, 0.25) is 0 Å². The van der Waals surface area contributed by atoms with Crippen LogP contribution in [0.4, 0.5) is 13.2 Å².